The van der Waals surface area contributed by atoms with Crippen LogP contribution in [0.2, 0.25) is 0 Å². The first-order valence-electron chi connectivity index (χ1n) is 10.6. The maximum Gasteiger partial charge on any atom is 0.0927 e. The SMILES string of the molecule is CC1(C)C=C2C=C3CC(O)CCC3CC[C@]2(O)C2CCCC21C.CNC. The van der Waals surface area contributed by atoms with Crippen molar-refractivity contribution in [3.63, 3.8) is 0 Å². The molecule has 2 fully saturated rings. The highest BCUT2D eigenvalue weighted by Crippen LogP contribution is 2.64. The van der Waals surface area contributed by atoms with Crippen LogP contribution in [-0.4, -0.2) is 36.0 Å². The summed E-state index contributed by atoms with van der Waals surface area (Å²) in [5.74, 6) is 0.955. The van der Waals surface area contributed by atoms with E-state index in [-0.39, 0.29) is 16.9 Å². The number of allylic oxidation sites excluding steroid dienone is 1. The van der Waals surface area contributed by atoms with Gasteiger partial charge in [-0.25, -0.2) is 0 Å². The van der Waals surface area contributed by atoms with E-state index in [0.717, 1.165) is 38.5 Å². The fraction of sp³-hybridized carbons (Fsp3) is 0.826. The first-order chi connectivity index (χ1) is 12.2. The fourth-order valence-corrected chi connectivity index (χ4v) is 6.29. The molecule has 0 saturated heterocycles. The summed E-state index contributed by atoms with van der Waals surface area (Å²) in [6.07, 6.45) is 12.9. The van der Waals surface area contributed by atoms with Crippen LogP contribution in [0.3, 0.4) is 0 Å². The Morgan fingerprint density at radius 2 is 1.73 bits per heavy atom. The van der Waals surface area contributed by atoms with Gasteiger partial charge in [-0.05, 0) is 87.3 Å². The van der Waals surface area contributed by atoms with E-state index in [1.54, 1.807) is 0 Å². The molecule has 0 aromatic carbocycles. The fourth-order valence-electron chi connectivity index (χ4n) is 6.29. The minimum Gasteiger partial charge on any atom is -0.393 e. The molecule has 148 valence electrons. The second kappa shape index (κ2) is 7.07. The van der Waals surface area contributed by atoms with E-state index in [2.05, 4.69) is 38.2 Å². The summed E-state index contributed by atoms with van der Waals surface area (Å²) in [4.78, 5) is 0. The second-order valence-corrected chi connectivity index (χ2v) is 10.00. The van der Waals surface area contributed by atoms with Crippen molar-refractivity contribution in [1.29, 1.82) is 0 Å². The average molecular weight is 362 g/mol. The Morgan fingerprint density at radius 1 is 1.04 bits per heavy atom. The van der Waals surface area contributed by atoms with E-state index >= 15 is 0 Å². The van der Waals surface area contributed by atoms with Crippen LogP contribution >= 0.6 is 0 Å². The highest BCUT2D eigenvalue weighted by Gasteiger charge is 2.60. The van der Waals surface area contributed by atoms with Crippen LogP contribution in [0.15, 0.2) is 23.3 Å². The average Bonchev–Trinajstić information content (AvgIpc) is 2.92. The summed E-state index contributed by atoms with van der Waals surface area (Å²) in [6, 6.07) is 0. The summed E-state index contributed by atoms with van der Waals surface area (Å²) < 4.78 is 0. The Morgan fingerprint density at radius 3 is 2.42 bits per heavy atom. The molecule has 3 nitrogen and oxygen atoms in total. The van der Waals surface area contributed by atoms with E-state index in [9.17, 15) is 10.2 Å². The molecular formula is C23H39NO2. The maximum absolute atomic E-state index is 11.8. The lowest BCUT2D eigenvalue weighted by atomic mass is 9.51. The monoisotopic (exact) mass is 361 g/mol. The number of hydrogen-bond donors (Lipinski definition) is 3. The molecule has 0 spiro atoms. The van der Waals surface area contributed by atoms with Gasteiger partial charge in [-0.2, -0.15) is 0 Å². The molecule has 2 saturated carbocycles. The summed E-state index contributed by atoms with van der Waals surface area (Å²) >= 11 is 0. The van der Waals surface area contributed by atoms with Gasteiger partial charge in [-0.15, -0.1) is 0 Å². The lowest BCUT2D eigenvalue weighted by molar-refractivity contribution is -0.0816. The van der Waals surface area contributed by atoms with Crippen LogP contribution in [0.25, 0.3) is 0 Å². The smallest absolute Gasteiger partial charge is 0.0927 e. The Hall–Kier alpha value is -0.640. The van der Waals surface area contributed by atoms with Gasteiger partial charge in [0.25, 0.3) is 0 Å². The number of nitrogens with one attached hydrogen (secondary N) is 1. The second-order valence-electron chi connectivity index (χ2n) is 10.00. The van der Waals surface area contributed by atoms with Gasteiger partial charge in [-0.1, -0.05) is 44.9 Å². The molecule has 4 unspecified atom stereocenters. The van der Waals surface area contributed by atoms with Crippen LogP contribution in [-0.2, 0) is 0 Å². The van der Waals surface area contributed by atoms with Crippen molar-refractivity contribution < 1.29 is 10.2 Å². The molecule has 0 aliphatic heterocycles. The highest BCUT2D eigenvalue weighted by atomic mass is 16.3. The molecule has 0 radical (unpaired) electrons. The van der Waals surface area contributed by atoms with E-state index in [1.165, 1.54) is 24.0 Å². The summed E-state index contributed by atoms with van der Waals surface area (Å²) in [5, 5.41) is 24.6. The third-order valence-corrected chi connectivity index (χ3v) is 8.08. The normalized spacial score (nSPS) is 43.6. The van der Waals surface area contributed by atoms with E-state index < -0.39 is 5.60 Å². The summed E-state index contributed by atoms with van der Waals surface area (Å²) in [6.45, 7) is 7.12. The number of aliphatic hydroxyl groups excluding tert-OH is 1. The van der Waals surface area contributed by atoms with Crippen LogP contribution in [0.1, 0.15) is 72.1 Å². The van der Waals surface area contributed by atoms with Gasteiger partial charge in [-0.3, -0.25) is 0 Å². The van der Waals surface area contributed by atoms with Gasteiger partial charge in [0.2, 0.25) is 0 Å². The zero-order chi connectivity index (χ0) is 19.2. The van der Waals surface area contributed by atoms with Gasteiger partial charge in [0.15, 0.2) is 0 Å². The van der Waals surface area contributed by atoms with Gasteiger partial charge in [0, 0.05) is 0 Å². The van der Waals surface area contributed by atoms with Crippen LogP contribution in [0.5, 0.6) is 0 Å². The molecule has 4 aliphatic rings. The van der Waals surface area contributed by atoms with Crippen molar-refractivity contribution >= 4 is 0 Å². The Kier molecular flexibility index (Phi) is 5.47. The molecule has 3 heteroatoms. The summed E-state index contributed by atoms with van der Waals surface area (Å²) in [5.41, 5.74) is 2.25. The first kappa shape index (κ1) is 20.1. The zero-order valence-corrected chi connectivity index (χ0v) is 17.4. The minimum absolute atomic E-state index is 0.125. The Bertz CT molecular complexity index is 593. The van der Waals surface area contributed by atoms with Crippen LogP contribution < -0.4 is 5.32 Å². The third-order valence-electron chi connectivity index (χ3n) is 8.08. The Labute approximate surface area is 160 Å². The van der Waals surface area contributed by atoms with Crippen LogP contribution in [0, 0.1) is 22.7 Å². The molecule has 0 amide bonds. The largest absolute Gasteiger partial charge is 0.393 e. The predicted octanol–water partition coefficient (Wildman–Crippen LogP) is 4.21. The Balaban J connectivity index is 0.000000613. The zero-order valence-electron chi connectivity index (χ0n) is 17.4. The lowest BCUT2D eigenvalue weighted by Gasteiger charge is -2.55. The van der Waals surface area contributed by atoms with E-state index in [1.807, 2.05) is 14.1 Å². The molecule has 0 aromatic rings. The van der Waals surface area contributed by atoms with Crippen molar-refractivity contribution in [3.05, 3.63) is 23.3 Å². The van der Waals surface area contributed by atoms with Crippen LogP contribution in [0.4, 0.5) is 0 Å². The quantitative estimate of drug-likeness (QED) is 0.606. The van der Waals surface area contributed by atoms with Crippen molar-refractivity contribution in [3.8, 4) is 0 Å². The maximum atomic E-state index is 11.8. The van der Waals surface area contributed by atoms with Crippen molar-refractivity contribution in [1.82, 2.24) is 5.32 Å². The molecule has 0 bridgehead atoms. The van der Waals surface area contributed by atoms with E-state index in [4.69, 9.17) is 0 Å². The number of hydrogen-bond acceptors (Lipinski definition) is 3. The number of fused-ring (bicyclic) bond motifs is 4. The molecule has 0 heterocycles. The summed E-state index contributed by atoms with van der Waals surface area (Å²) in [7, 11) is 3.75. The molecule has 4 aliphatic carbocycles. The van der Waals surface area contributed by atoms with Crippen molar-refractivity contribution in [2.75, 3.05) is 14.1 Å². The topological polar surface area (TPSA) is 52.5 Å². The standard InChI is InChI=1S/C21H32O2.C2H7N/c1-19(2)13-16-11-15-12-17(22)7-6-14(15)8-10-21(16,23)18-5-4-9-20(18,19)3;1-3-2/h11,13-14,17-18,22-23H,4-10,12H2,1-3H3;3H,1-2H3/t14?,17?,18?,20?,21-;/m1./s1. The van der Waals surface area contributed by atoms with Gasteiger partial charge < -0.3 is 15.5 Å². The lowest BCUT2D eigenvalue weighted by Crippen LogP contribution is -2.54. The third kappa shape index (κ3) is 3.10. The molecule has 26 heavy (non-hydrogen) atoms. The predicted molar refractivity (Wildman–Crippen MR) is 108 cm³/mol. The molecule has 0 aromatic heterocycles. The highest BCUT2D eigenvalue weighted by molar-refractivity contribution is 5.42. The van der Waals surface area contributed by atoms with Crippen molar-refractivity contribution in [2.45, 2.75) is 83.8 Å². The number of rotatable bonds is 0. The first-order valence-corrected chi connectivity index (χ1v) is 10.6. The van der Waals surface area contributed by atoms with E-state index in [0.29, 0.717) is 11.8 Å². The molecule has 3 N–H and O–H groups in total. The molecule has 4 rings (SSSR count). The van der Waals surface area contributed by atoms with Crippen molar-refractivity contribution in [2.24, 2.45) is 22.7 Å². The minimum atomic E-state index is -0.643. The van der Waals surface area contributed by atoms with Gasteiger partial charge in [0.05, 0.1) is 11.7 Å². The van der Waals surface area contributed by atoms with Gasteiger partial charge in [0.1, 0.15) is 0 Å². The molecular weight excluding hydrogens is 322 g/mol. The van der Waals surface area contributed by atoms with Gasteiger partial charge >= 0.3 is 0 Å². The molecule has 5 atom stereocenters. The number of aliphatic hydroxyl groups is 2.